The molecule has 0 bridgehead atoms. The molecule has 8 aliphatic carbocycles. The first-order valence-electron chi connectivity index (χ1n) is 42.5. The average Bonchev–Trinajstić information content (AvgIpc) is 1.62. The van der Waals surface area contributed by atoms with Gasteiger partial charge in [0.25, 0.3) is 0 Å². The second-order valence-electron chi connectivity index (χ2n) is 34.3. The summed E-state index contributed by atoms with van der Waals surface area (Å²) in [5.41, 5.74) is 23.5. The molecule has 4 aromatic carbocycles. The molecule has 0 radical (unpaired) electrons. The number of aryl methyl sites for hydroxylation is 12. The Labute approximate surface area is 700 Å². The Kier molecular flexibility index (Phi) is 23.5. The van der Waals surface area contributed by atoms with Gasteiger partial charge in [-0.25, -0.2) is 75.3 Å². The van der Waals surface area contributed by atoms with Crippen LogP contribution in [0.5, 0.6) is 23.5 Å². The lowest BCUT2D eigenvalue weighted by atomic mass is 9.99. The molecule has 8 heterocycles. The molecule has 0 spiro atoms. The molecule has 12 aliphatic rings. The standard InChI is InChI=1S/4C21H27N5O3S/c4*1-13-8-9-26-20(29-12-13)18(11-23-26)30(22,28)25-21(27)24-19-16-6-2-4-14(16)10-15-5-3-7-17(15)19/h4*10-11,13H,2-9,12H2,1H3,(H3,22,24,25,27,28)/t4*13-,30?/m1100/s1. The summed E-state index contributed by atoms with van der Waals surface area (Å²) in [5, 5.41) is 52.8. The zero-order valence-electron chi connectivity index (χ0n) is 68.6. The molecule has 32 nitrogen and oxygen atoms in total. The molecule has 0 saturated heterocycles. The molecular weight excluding hydrogens is 1610 g/mol. The molecule has 4 aliphatic heterocycles. The van der Waals surface area contributed by atoms with Gasteiger partial charge in [-0.15, -0.1) is 17.5 Å². The Morgan fingerprint density at radius 2 is 0.492 bits per heavy atom. The van der Waals surface area contributed by atoms with E-state index < -0.39 is 63.8 Å². The van der Waals surface area contributed by atoms with E-state index in [1.807, 2.05) is 0 Å². The summed E-state index contributed by atoms with van der Waals surface area (Å²) in [4.78, 5) is 51.9. The van der Waals surface area contributed by atoms with Crippen LogP contribution in [0.1, 0.15) is 194 Å². The van der Waals surface area contributed by atoms with E-state index in [9.17, 15) is 36.0 Å². The van der Waals surface area contributed by atoms with Crippen LogP contribution in [0.4, 0.5) is 41.9 Å². The van der Waals surface area contributed by atoms with Crippen LogP contribution in [0.2, 0.25) is 0 Å². The molecule has 0 saturated carbocycles. The Morgan fingerprint density at radius 3 is 0.667 bits per heavy atom. The predicted octanol–water partition coefficient (Wildman–Crippen LogP) is 12.8. The lowest BCUT2D eigenvalue weighted by molar-refractivity contribution is 0.254. The number of carbonyl (C=O) groups excluding carboxylic acids is 4. The fourth-order valence-electron chi connectivity index (χ4n) is 19.1. The Balaban J connectivity index is 0.000000114. The molecular formula is C84H108N20O12S4. The number of anilines is 4. The number of rotatable bonds is 8. The second kappa shape index (κ2) is 34.0. The molecule has 4 unspecified atom stereocenters. The van der Waals surface area contributed by atoms with Crippen molar-refractivity contribution in [3.63, 3.8) is 0 Å². The molecule has 36 heteroatoms. The Morgan fingerprint density at radius 1 is 0.317 bits per heavy atom. The van der Waals surface area contributed by atoms with Crippen LogP contribution >= 0.6 is 0 Å². The van der Waals surface area contributed by atoms with E-state index in [2.05, 4.69) is 111 Å². The van der Waals surface area contributed by atoms with Crippen LogP contribution < -0.4 is 60.8 Å². The third-order valence-electron chi connectivity index (χ3n) is 25.3. The number of hydrogen-bond donors (Lipinski definition) is 8. The van der Waals surface area contributed by atoms with E-state index in [1.54, 1.807) is 18.7 Å². The van der Waals surface area contributed by atoms with Gasteiger partial charge in [0.05, 0.1) is 51.2 Å². The normalized spacial score (nSPS) is 21.6. The third kappa shape index (κ3) is 17.1. The summed E-state index contributed by atoms with van der Waals surface area (Å²) < 4.78 is 98.1. The fourth-order valence-corrected chi connectivity index (χ4v) is 23.1. The van der Waals surface area contributed by atoms with E-state index in [-0.39, 0.29) is 19.6 Å². The van der Waals surface area contributed by atoms with Crippen LogP contribution in [0, 0.1) is 23.7 Å². The van der Waals surface area contributed by atoms with Gasteiger partial charge < -0.3 is 40.2 Å². The van der Waals surface area contributed by atoms with Crippen LogP contribution in [0.3, 0.4) is 0 Å². The Hall–Kier alpha value is -9.56. The predicted molar refractivity (Wildman–Crippen MR) is 456 cm³/mol. The van der Waals surface area contributed by atoms with Crippen molar-refractivity contribution in [2.24, 2.45) is 61.7 Å². The highest BCUT2D eigenvalue weighted by Crippen LogP contribution is 2.45. The maximum atomic E-state index is 13.2. The molecule has 4 aromatic heterocycles. The summed E-state index contributed by atoms with van der Waals surface area (Å²) in [6.07, 6.45) is 33.8. The number of benzene rings is 4. The lowest BCUT2D eigenvalue weighted by Gasteiger charge is -2.15. The molecule has 20 rings (SSSR count). The Bertz CT molecular complexity index is 5170. The maximum Gasteiger partial charge on any atom is 0.354 e. The number of amides is 8. The summed E-state index contributed by atoms with van der Waals surface area (Å²) in [5.74, 6) is 2.84. The van der Waals surface area contributed by atoms with Crippen LogP contribution in [-0.2, 0) is 169 Å². The maximum absolute atomic E-state index is 13.2. The van der Waals surface area contributed by atoms with Gasteiger partial charge in [0.1, 0.15) is 19.6 Å². The highest BCUT2D eigenvalue weighted by Gasteiger charge is 2.35. The van der Waals surface area contributed by atoms with Crippen molar-refractivity contribution in [3.8, 4) is 23.5 Å². The van der Waals surface area contributed by atoms with Crippen molar-refractivity contribution in [1.82, 2.24) is 39.1 Å². The molecule has 8 aromatic rings. The molecule has 12 N–H and O–H groups in total. The molecule has 8 amide bonds. The molecule has 640 valence electrons. The fraction of sp³-hybridized carbons (Fsp3) is 0.524. The number of aromatic nitrogens is 8. The van der Waals surface area contributed by atoms with Gasteiger partial charge in [-0.05, 0) is 292 Å². The first kappa shape index (κ1) is 82.7. The van der Waals surface area contributed by atoms with Gasteiger partial charge in [-0.1, -0.05) is 52.0 Å². The number of urea groups is 4. The van der Waals surface area contributed by atoms with Crippen molar-refractivity contribution < 1.29 is 55.0 Å². The van der Waals surface area contributed by atoms with Gasteiger partial charge >= 0.3 is 24.1 Å². The average molecular weight is 1720 g/mol. The van der Waals surface area contributed by atoms with E-state index in [4.69, 9.17) is 39.5 Å². The number of nitrogens with zero attached hydrogens (tertiary/aromatic N) is 12. The first-order chi connectivity index (χ1) is 57.7. The third-order valence-corrected chi connectivity index (χ3v) is 30.7. The number of nitrogens with one attached hydrogen (secondary N) is 4. The van der Waals surface area contributed by atoms with E-state index in [0.29, 0.717) is 99.8 Å². The largest absolute Gasteiger partial charge is 0.477 e. The summed E-state index contributed by atoms with van der Waals surface area (Å²) in [7, 11) is -13.9. The highest BCUT2D eigenvalue weighted by molar-refractivity contribution is 7.92. The number of carbonyl (C=O) groups is 4. The first-order valence-corrected chi connectivity index (χ1v) is 48.8. The van der Waals surface area contributed by atoms with Crippen molar-refractivity contribution in [2.75, 3.05) is 47.7 Å². The van der Waals surface area contributed by atoms with Crippen molar-refractivity contribution in [3.05, 3.63) is 138 Å². The lowest BCUT2D eigenvalue weighted by Crippen LogP contribution is -2.19. The van der Waals surface area contributed by atoms with Gasteiger partial charge in [-0.3, -0.25) is 0 Å². The molecule has 8 atom stereocenters. The van der Waals surface area contributed by atoms with Crippen molar-refractivity contribution in [2.45, 2.75) is 253 Å². The molecule has 0 fully saturated rings. The highest BCUT2D eigenvalue weighted by atomic mass is 32.2. The minimum absolute atomic E-state index is 0.176. The minimum Gasteiger partial charge on any atom is -0.477 e. The van der Waals surface area contributed by atoms with Crippen molar-refractivity contribution in [1.29, 1.82) is 0 Å². The number of nitrogens with two attached hydrogens (primary N) is 4. The van der Waals surface area contributed by atoms with Gasteiger partial charge in [-0.2, -0.15) is 20.4 Å². The van der Waals surface area contributed by atoms with E-state index in [0.717, 1.165) is 203 Å². The van der Waals surface area contributed by atoms with Crippen LogP contribution in [0.25, 0.3) is 0 Å². The number of ether oxygens (including phenoxy) is 4. The topological polar surface area (TPSA) is 446 Å². The van der Waals surface area contributed by atoms with E-state index in [1.165, 1.54) is 114 Å². The number of hydrogen-bond acceptors (Lipinski definition) is 16. The van der Waals surface area contributed by atoms with Crippen LogP contribution in [0.15, 0.2) is 86.1 Å². The smallest absolute Gasteiger partial charge is 0.354 e. The zero-order valence-corrected chi connectivity index (χ0v) is 71.9. The monoisotopic (exact) mass is 1720 g/mol. The zero-order chi connectivity index (χ0) is 83.5. The quantitative estimate of drug-likeness (QED) is 0.0700. The summed E-state index contributed by atoms with van der Waals surface area (Å²) in [6, 6.07) is 6.46. The summed E-state index contributed by atoms with van der Waals surface area (Å²) in [6.45, 7) is 12.9. The van der Waals surface area contributed by atoms with Gasteiger partial charge in [0.15, 0.2) is 39.7 Å². The second-order valence-corrected chi connectivity index (χ2v) is 41.3. The molecule has 120 heavy (non-hydrogen) atoms. The van der Waals surface area contributed by atoms with Gasteiger partial charge in [0.2, 0.25) is 23.5 Å². The SMILES string of the molecule is C[C@@H]1CCn2ncc(S(N)(=O)=NC(=O)Nc3c4c(cc5c3CCC5)CCC4)c2OC1.C[C@@H]1CCn2ncc(S(N)(=O)=NC(=O)Nc3c4c(cc5c3CCC5)CCC4)c2OC1.C[C@H]1CCn2ncc(S(N)(=O)=NC(=O)Nc3c4c(cc5c3CCC5)CCC4)c2OC1.C[C@H]1CCn2ncc(S(N)(=O)=NC(=O)Nc3c4c(cc5c3CCC5)CCC4)c2OC1. The number of fused-ring (bicyclic) bond motifs is 12. The van der Waals surface area contributed by atoms with Crippen LogP contribution in [-0.4, -0.2) is 107 Å². The minimum atomic E-state index is -3.48. The van der Waals surface area contributed by atoms with Crippen molar-refractivity contribution >= 4 is 86.5 Å². The van der Waals surface area contributed by atoms with Gasteiger partial charge in [0, 0.05) is 48.9 Å². The van der Waals surface area contributed by atoms with E-state index >= 15 is 0 Å². The summed E-state index contributed by atoms with van der Waals surface area (Å²) >= 11 is 0.